The summed E-state index contributed by atoms with van der Waals surface area (Å²) in [6.45, 7) is 2.86. The van der Waals surface area contributed by atoms with Crippen molar-refractivity contribution in [2.45, 2.75) is 19.5 Å². The van der Waals surface area contributed by atoms with Crippen molar-refractivity contribution in [3.8, 4) is 0 Å². The molecule has 0 heterocycles. The minimum atomic E-state index is -0.0657. The van der Waals surface area contributed by atoms with Gasteiger partial charge in [-0.05, 0) is 42.3 Å². The van der Waals surface area contributed by atoms with Gasteiger partial charge in [0.2, 0.25) is 0 Å². The van der Waals surface area contributed by atoms with Crippen LogP contribution in [0.25, 0.3) is 0 Å². The Labute approximate surface area is 130 Å². The zero-order valence-corrected chi connectivity index (χ0v) is 12.9. The van der Waals surface area contributed by atoms with E-state index in [-0.39, 0.29) is 11.9 Å². The Balaban J connectivity index is 1.93. The van der Waals surface area contributed by atoms with Crippen LogP contribution in [0.4, 0.5) is 0 Å². The minimum Gasteiger partial charge on any atom is -0.355 e. The molecule has 1 atom stereocenters. The van der Waals surface area contributed by atoms with Crippen LogP contribution in [0.15, 0.2) is 48.5 Å². The van der Waals surface area contributed by atoms with Gasteiger partial charge in [-0.2, -0.15) is 0 Å². The standard InChI is InChI=1S/C17H19ClN2O/c1-12(14-7-9-16(18)10-8-14)20-11-13-3-5-15(6-4-13)17(21)19-2/h3-10,12,20H,11H2,1-2H3,(H,19,21). The molecule has 2 aromatic carbocycles. The first-order chi connectivity index (χ1) is 10.1. The summed E-state index contributed by atoms with van der Waals surface area (Å²) in [7, 11) is 1.63. The van der Waals surface area contributed by atoms with Crippen LogP contribution >= 0.6 is 11.6 Å². The number of benzene rings is 2. The van der Waals surface area contributed by atoms with Crippen LogP contribution in [0, 0.1) is 0 Å². The molecule has 3 nitrogen and oxygen atoms in total. The maximum absolute atomic E-state index is 11.5. The lowest BCUT2D eigenvalue weighted by atomic mass is 10.1. The van der Waals surface area contributed by atoms with Crippen molar-refractivity contribution in [1.29, 1.82) is 0 Å². The second kappa shape index (κ2) is 7.25. The molecular formula is C17H19ClN2O. The van der Waals surface area contributed by atoms with Crippen molar-refractivity contribution < 1.29 is 4.79 Å². The average molecular weight is 303 g/mol. The molecular weight excluding hydrogens is 284 g/mol. The van der Waals surface area contributed by atoms with Gasteiger partial charge < -0.3 is 10.6 Å². The third-order valence-corrected chi connectivity index (χ3v) is 3.68. The van der Waals surface area contributed by atoms with Crippen LogP contribution in [0.3, 0.4) is 0 Å². The summed E-state index contributed by atoms with van der Waals surface area (Å²) < 4.78 is 0. The van der Waals surface area contributed by atoms with E-state index in [0.717, 1.165) is 17.1 Å². The van der Waals surface area contributed by atoms with Crippen molar-refractivity contribution in [2.75, 3.05) is 7.05 Å². The predicted octanol–water partition coefficient (Wildman–Crippen LogP) is 3.55. The smallest absolute Gasteiger partial charge is 0.251 e. The first kappa shape index (κ1) is 15.5. The normalized spacial score (nSPS) is 12.0. The van der Waals surface area contributed by atoms with E-state index < -0.39 is 0 Å². The summed E-state index contributed by atoms with van der Waals surface area (Å²) in [6, 6.07) is 15.7. The molecule has 0 aliphatic carbocycles. The van der Waals surface area contributed by atoms with Gasteiger partial charge in [0.15, 0.2) is 0 Å². The monoisotopic (exact) mass is 302 g/mol. The number of nitrogens with one attached hydrogen (secondary N) is 2. The number of hydrogen-bond donors (Lipinski definition) is 2. The maximum atomic E-state index is 11.5. The number of carbonyl (C=O) groups excluding carboxylic acids is 1. The number of rotatable bonds is 5. The van der Waals surface area contributed by atoms with E-state index in [0.29, 0.717) is 5.56 Å². The van der Waals surface area contributed by atoms with Crippen molar-refractivity contribution in [3.05, 3.63) is 70.2 Å². The Morgan fingerprint density at radius 2 is 1.71 bits per heavy atom. The Hall–Kier alpha value is -1.84. The molecule has 2 N–H and O–H groups in total. The topological polar surface area (TPSA) is 41.1 Å². The molecule has 0 spiro atoms. The molecule has 0 saturated carbocycles. The predicted molar refractivity (Wildman–Crippen MR) is 86.5 cm³/mol. The highest BCUT2D eigenvalue weighted by Crippen LogP contribution is 2.16. The van der Waals surface area contributed by atoms with E-state index in [1.807, 2.05) is 48.5 Å². The van der Waals surface area contributed by atoms with Crippen LogP contribution in [0.5, 0.6) is 0 Å². The molecule has 1 amide bonds. The van der Waals surface area contributed by atoms with E-state index in [1.54, 1.807) is 7.05 Å². The van der Waals surface area contributed by atoms with Gasteiger partial charge in [-0.1, -0.05) is 35.9 Å². The molecule has 0 radical (unpaired) electrons. The van der Waals surface area contributed by atoms with Gasteiger partial charge in [-0.3, -0.25) is 4.79 Å². The lowest BCUT2D eigenvalue weighted by Crippen LogP contribution is -2.19. The molecule has 0 bridgehead atoms. The molecule has 0 aliphatic heterocycles. The summed E-state index contributed by atoms with van der Waals surface area (Å²) in [5.74, 6) is -0.0657. The summed E-state index contributed by atoms with van der Waals surface area (Å²) in [6.07, 6.45) is 0. The van der Waals surface area contributed by atoms with Crippen LogP contribution in [-0.4, -0.2) is 13.0 Å². The zero-order chi connectivity index (χ0) is 15.2. The molecule has 21 heavy (non-hydrogen) atoms. The fraction of sp³-hybridized carbons (Fsp3) is 0.235. The highest BCUT2D eigenvalue weighted by Gasteiger charge is 2.06. The molecule has 2 aromatic rings. The summed E-state index contributed by atoms with van der Waals surface area (Å²) >= 11 is 5.89. The Morgan fingerprint density at radius 1 is 1.10 bits per heavy atom. The molecule has 0 fully saturated rings. The van der Waals surface area contributed by atoms with E-state index in [2.05, 4.69) is 17.6 Å². The first-order valence-electron chi connectivity index (χ1n) is 6.90. The summed E-state index contributed by atoms with van der Waals surface area (Å²) in [4.78, 5) is 11.5. The van der Waals surface area contributed by atoms with E-state index in [9.17, 15) is 4.79 Å². The Kier molecular flexibility index (Phi) is 5.37. The van der Waals surface area contributed by atoms with Crippen LogP contribution in [-0.2, 0) is 6.54 Å². The SMILES string of the molecule is CNC(=O)c1ccc(CNC(C)c2ccc(Cl)cc2)cc1. The fourth-order valence-electron chi connectivity index (χ4n) is 2.06. The summed E-state index contributed by atoms with van der Waals surface area (Å²) in [5.41, 5.74) is 3.01. The molecule has 0 saturated heterocycles. The van der Waals surface area contributed by atoms with Gasteiger partial charge in [-0.15, -0.1) is 0 Å². The number of carbonyl (C=O) groups is 1. The van der Waals surface area contributed by atoms with Crippen LogP contribution in [0.1, 0.15) is 34.5 Å². The van der Waals surface area contributed by atoms with E-state index in [1.165, 1.54) is 5.56 Å². The van der Waals surface area contributed by atoms with Gasteiger partial charge in [0.1, 0.15) is 0 Å². The lowest BCUT2D eigenvalue weighted by molar-refractivity contribution is 0.0963. The zero-order valence-electron chi connectivity index (χ0n) is 12.2. The van der Waals surface area contributed by atoms with Crippen LogP contribution < -0.4 is 10.6 Å². The quantitative estimate of drug-likeness (QED) is 0.887. The highest BCUT2D eigenvalue weighted by atomic mass is 35.5. The average Bonchev–Trinajstić information content (AvgIpc) is 2.53. The van der Waals surface area contributed by atoms with E-state index in [4.69, 9.17) is 11.6 Å². The second-order valence-corrected chi connectivity index (χ2v) is 5.37. The molecule has 4 heteroatoms. The minimum absolute atomic E-state index is 0.0657. The second-order valence-electron chi connectivity index (χ2n) is 4.93. The van der Waals surface area contributed by atoms with Crippen LogP contribution in [0.2, 0.25) is 5.02 Å². The number of hydrogen-bond acceptors (Lipinski definition) is 2. The fourth-order valence-corrected chi connectivity index (χ4v) is 2.18. The van der Waals surface area contributed by atoms with Gasteiger partial charge in [0.05, 0.1) is 0 Å². The van der Waals surface area contributed by atoms with Crippen molar-refractivity contribution in [1.82, 2.24) is 10.6 Å². The van der Waals surface area contributed by atoms with Gasteiger partial charge in [0.25, 0.3) is 5.91 Å². The largest absolute Gasteiger partial charge is 0.355 e. The third-order valence-electron chi connectivity index (χ3n) is 3.43. The number of halogens is 1. The van der Waals surface area contributed by atoms with Crippen molar-refractivity contribution in [3.63, 3.8) is 0 Å². The number of amides is 1. The molecule has 0 aliphatic rings. The van der Waals surface area contributed by atoms with E-state index >= 15 is 0 Å². The summed E-state index contributed by atoms with van der Waals surface area (Å²) in [5, 5.41) is 6.81. The Bertz CT molecular complexity index is 593. The van der Waals surface area contributed by atoms with Crippen molar-refractivity contribution in [2.24, 2.45) is 0 Å². The van der Waals surface area contributed by atoms with Gasteiger partial charge in [0, 0.05) is 30.2 Å². The Morgan fingerprint density at radius 3 is 2.29 bits per heavy atom. The molecule has 2 rings (SSSR count). The molecule has 1 unspecified atom stereocenters. The maximum Gasteiger partial charge on any atom is 0.251 e. The third kappa shape index (κ3) is 4.31. The molecule has 110 valence electrons. The van der Waals surface area contributed by atoms with Gasteiger partial charge in [-0.25, -0.2) is 0 Å². The van der Waals surface area contributed by atoms with Gasteiger partial charge >= 0.3 is 0 Å². The van der Waals surface area contributed by atoms with Crippen molar-refractivity contribution >= 4 is 17.5 Å². The molecule has 0 aromatic heterocycles. The lowest BCUT2D eigenvalue weighted by Gasteiger charge is -2.14. The first-order valence-corrected chi connectivity index (χ1v) is 7.28. The highest BCUT2D eigenvalue weighted by molar-refractivity contribution is 6.30.